The van der Waals surface area contributed by atoms with Gasteiger partial charge in [0.25, 0.3) is 0 Å². The van der Waals surface area contributed by atoms with Crippen molar-refractivity contribution in [1.29, 1.82) is 0 Å². The summed E-state index contributed by atoms with van der Waals surface area (Å²) in [4.78, 5) is 5.22. The Bertz CT molecular complexity index is 207. The molecule has 17 heavy (non-hydrogen) atoms. The van der Waals surface area contributed by atoms with Gasteiger partial charge in [-0.25, -0.2) is 0 Å². The summed E-state index contributed by atoms with van der Waals surface area (Å²) in [5, 5.41) is 0. The van der Waals surface area contributed by atoms with E-state index in [-0.39, 0.29) is 0 Å². The van der Waals surface area contributed by atoms with Crippen LogP contribution in [0.4, 0.5) is 0 Å². The number of nitrogens with zero attached hydrogens (tertiary/aromatic N) is 2. The summed E-state index contributed by atoms with van der Waals surface area (Å²) in [6.45, 7) is 9.73. The Kier molecular flexibility index (Phi) is 5.22. The van der Waals surface area contributed by atoms with Crippen LogP contribution >= 0.6 is 0 Å². The molecule has 0 aromatic rings. The van der Waals surface area contributed by atoms with Crippen molar-refractivity contribution in [2.45, 2.75) is 38.3 Å². The van der Waals surface area contributed by atoms with Gasteiger partial charge in [0.1, 0.15) is 0 Å². The van der Waals surface area contributed by atoms with Gasteiger partial charge in [0.05, 0.1) is 0 Å². The molecule has 2 saturated heterocycles. The molecule has 100 valence electrons. The second kappa shape index (κ2) is 6.69. The van der Waals surface area contributed by atoms with E-state index in [4.69, 9.17) is 10.5 Å². The third-order valence-corrected chi connectivity index (χ3v) is 4.32. The molecule has 0 amide bonds. The first-order valence-corrected chi connectivity index (χ1v) is 7.11. The molecule has 0 aromatic heterocycles. The van der Waals surface area contributed by atoms with Crippen LogP contribution in [0.15, 0.2) is 0 Å². The van der Waals surface area contributed by atoms with Crippen LogP contribution in [0.2, 0.25) is 0 Å². The van der Waals surface area contributed by atoms with Gasteiger partial charge in [-0.1, -0.05) is 6.92 Å². The van der Waals surface area contributed by atoms with E-state index >= 15 is 0 Å². The Labute approximate surface area is 105 Å². The van der Waals surface area contributed by atoms with Crippen molar-refractivity contribution >= 4 is 0 Å². The van der Waals surface area contributed by atoms with Crippen molar-refractivity contribution in [1.82, 2.24) is 9.80 Å². The van der Waals surface area contributed by atoms with Crippen LogP contribution in [-0.2, 0) is 4.74 Å². The van der Waals surface area contributed by atoms with Crippen molar-refractivity contribution in [3.63, 3.8) is 0 Å². The topological polar surface area (TPSA) is 41.7 Å². The van der Waals surface area contributed by atoms with E-state index in [2.05, 4.69) is 16.7 Å². The fraction of sp³-hybridized carbons (Fsp3) is 1.00. The minimum absolute atomic E-state index is 0.590. The van der Waals surface area contributed by atoms with Crippen LogP contribution < -0.4 is 5.73 Å². The molecule has 2 fully saturated rings. The lowest BCUT2D eigenvalue weighted by molar-refractivity contribution is 0.00674. The summed E-state index contributed by atoms with van der Waals surface area (Å²) in [5.74, 6) is 0. The summed E-state index contributed by atoms with van der Waals surface area (Å²) >= 11 is 0. The zero-order valence-corrected chi connectivity index (χ0v) is 11.1. The van der Waals surface area contributed by atoms with Gasteiger partial charge in [-0.2, -0.15) is 0 Å². The monoisotopic (exact) mass is 241 g/mol. The number of ether oxygens (including phenoxy) is 1. The number of piperazine rings is 1. The normalized spacial score (nSPS) is 27.2. The van der Waals surface area contributed by atoms with Crippen LogP contribution in [0, 0.1) is 0 Å². The van der Waals surface area contributed by atoms with Gasteiger partial charge >= 0.3 is 0 Å². The van der Waals surface area contributed by atoms with Crippen molar-refractivity contribution in [2.24, 2.45) is 5.73 Å². The number of hydrogen-bond acceptors (Lipinski definition) is 4. The molecule has 4 heteroatoms. The minimum Gasteiger partial charge on any atom is -0.381 e. The van der Waals surface area contributed by atoms with E-state index in [1.54, 1.807) is 0 Å². The molecule has 1 unspecified atom stereocenters. The Morgan fingerprint density at radius 1 is 1.18 bits per heavy atom. The molecule has 0 radical (unpaired) electrons. The molecule has 0 aromatic carbocycles. The average Bonchev–Trinajstić information content (AvgIpc) is 2.42. The van der Waals surface area contributed by atoms with Gasteiger partial charge in [-0.15, -0.1) is 0 Å². The molecule has 0 aliphatic carbocycles. The summed E-state index contributed by atoms with van der Waals surface area (Å²) in [7, 11) is 0. The van der Waals surface area contributed by atoms with E-state index in [1.165, 1.54) is 45.4 Å². The van der Waals surface area contributed by atoms with Gasteiger partial charge in [0, 0.05) is 58.0 Å². The van der Waals surface area contributed by atoms with Gasteiger partial charge in [0.15, 0.2) is 0 Å². The van der Waals surface area contributed by atoms with Crippen LogP contribution in [0.1, 0.15) is 26.2 Å². The van der Waals surface area contributed by atoms with Crippen LogP contribution in [-0.4, -0.2) is 67.8 Å². The number of rotatable bonds is 4. The lowest BCUT2D eigenvalue weighted by Crippen LogP contribution is -2.55. The smallest absolute Gasteiger partial charge is 0.0480 e. The molecular weight excluding hydrogens is 214 g/mol. The zero-order chi connectivity index (χ0) is 12.1. The third kappa shape index (κ3) is 3.41. The summed E-state index contributed by atoms with van der Waals surface area (Å²) in [6, 6.07) is 1.36. The molecule has 0 spiro atoms. The summed E-state index contributed by atoms with van der Waals surface area (Å²) in [6.07, 6.45) is 3.61. The molecule has 1 atom stereocenters. The quantitative estimate of drug-likeness (QED) is 0.779. The highest BCUT2D eigenvalue weighted by atomic mass is 16.5. The second-order valence-corrected chi connectivity index (χ2v) is 5.21. The molecule has 0 bridgehead atoms. The fourth-order valence-corrected chi connectivity index (χ4v) is 3.09. The Morgan fingerprint density at radius 3 is 2.35 bits per heavy atom. The zero-order valence-electron chi connectivity index (χ0n) is 11.1. The van der Waals surface area contributed by atoms with E-state index < -0.39 is 0 Å². The van der Waals surface area contributed by atoms with E-state index in [1.807, 2.05) is 0 Å². The highest BCUT2D eigenvalue weighted by molar-refractivity contribution is 4.83. The number of nitrogens with two attached hydrogens (primary N) is 1. The SMILES string of the molecule is CCC(CN)N1CCN(C2CCOCC2)CC1. The average molecular weight is 241 g/mol. The molecule has 0 saturated carbocycles. The molecular formula is C13H27N3O. The summed E-state index contributed by atoms with van der Waals surface area (Å²) < 4.78 is 5.43. The molecule has 2 heterocycles. The minimum atomic E-state index is 0.590. The largest absolute Gasteiger partial charge is 0.381 e. The Morgan fingerprint density at radius 2 is 1.82 bits per heavy atom. The predicted octanol–water partition coefficient (Wildman–Crippen LogP) is 0.520. The van der Waals surface area contributed by atoms with E-state index in [9.17, 15) is 0 Å². The standard InChI is InChI=1S/C13H27N3O/c1-2-12(11-14)15-5-7-16(8-6-15)13-3-9-17-10-4-13/h12-13H,2-11,14H2,1H3. The van der Waals surface area contributed by atoms with Gasteiger partial charge < -0.3 is 10.5 Å². The maximum absolute atomic E-state index is 5.82. The van der Waals surface area contributed by atoms with Crippen LogP contribution in [0.5, 0.6) is 0 Å². The van der Waals surface area contributed by atoms with Gasteiger partial charge in [0.2, 0.25) is 0 Å². The first-order chi connectivity index (χ1) is 8.35. The molecule has 2 aliphatic rings. The Balaban J connectivity index is 1.76. The van der Waals surface area contributed by atoms with E-state index in [0.29, 0.717) is 6.04 Å². The first-order valence-electron chi connectivity index (χ1n) is 7.11. The Hall–Kier alpha value is -0.160. The van der Waals surface area contributed by atoms with Crippen molar-refractivity contribution < 1.29 is 4.74 Å². The molecule has 2 N–H and O–H groups in total. The van der Waals surface area contributed by atoms with E-state index in [0.717, 1.165) is 25.8 Å². The van der Waals surface area contributed by atoms with Crippen molar-refractivity contribution in [3.05, 3.63) is 0 Å². The van der Waals surface area contributed by atoms with Gasteiger partial charge in [-0.3, -0.25) is 9.80 Å². The first kappa shape index (κ1) is 13.3. The summed E-state index contributed by atoms with van der Waals surface area (Å²) in [5.41, 5.74) is 5.82. The maximum Gasteiger partial charge on any atom is 0.0480 e. The van der Waals surface area contributed by atoms with Crippen LogP contribution in [0.3, 0.4) is 0 Å². The highest BCUT2D eigenvalue weighted by Crippen LogP contribution is 2.17. The number of hydrogen-bond donors (Lipinski definition) is 1. The van der Waals surface area contributed by atoms with Crippen molar-refractivity contribution in [3.8, 4) is 0 Å². The fourth-order valence-electron chi connectivity index (χ4n) is 3.09. The van der Waals surface area contributed by atoms with Gasteiger partial charge in [-0.05, 0) is 19.3 Å². The third-order valence-electron chi connectivity index (χ3n) is 4.32. The second-order valence-electron chi connectivity index (χ2n) is 5.21. The lowest BCUT2D eigenvalue weighted by atomic mass is 10.1. The predicted molar refractivity (Wildman–Crippen MR) is 70.1 cm³/mol. The molecule has 2 aliphatic heterocycles. The van der Waals surface area contributed by atoms with Crippen molar-refractivity contribution in [2.75, 3.05) is 45.9 Å². The molecule has 2 rings (SSSR count). The molecule has 4 nitrogen and oxygen atoms in total. The maximum atomic E-state index is 5.82. The van der Waals surface area contributed by atoms with Crippen LogP contribution in [0.25, 0.3) is 0 Å². The highest BCUT2D eigenvalue weighted by Gasteiger charge is 2.27. The lowest BCUT2D eigenvalue weighted by Gasteiger charge is -2.43.